The minimum absolute atomic E-state index is 0.161. The summed E-state index contributed by atoms with van der Waals surface area (Å²) >= 11 is 1.83. The molecule has 0 saturated heterocycles. The Morgan fingerprint density at radius 3 is 2.26 bits per heavy atom. The smallest absolute Gasteiger partial charge is 0.264 e. The third kappa shape index (κ3) is 7.61. The van der Waals surface area contributed by atoms with Crippen LogP contribution < -0.4 is 9.62 Å². The van der Waals surface area contributed by atoms with Crippen LogP contribution in [-0.4, -0.2) is 33.2 Å². The number of nitrogens with one attached hydrogen (secondary N) is 1. The molecule has 7 heteroatoms. The van der Waals surface area contributed by atoms with Gasteiger partial charge in [0.25, 0.3) is 10.0 Å². The van der Waals surface area contributed by atoms with E-state index in [-0.39, 0.29) is 17.3 Å². The van der Waals surface area contributed by atoms with E-state index in [4.69, 9.17) is 0 Å². The number of nitrogens with zero attached hydrogens (tertiary/aromatic N) is 1. The molecule has 0 spiro atoms. The maximum atomic E-state index is 13.4. The first-order chi connectivity index (χ1) is 16.8. The van der Waals surface area contributed by atoms with Gasteiger partial charge in [-0.15, -0.1) is 0 Å². The lowest BCUT2D eigenvalue weighted by Gasteiger charge is -2.24. The molecular formula is C28H34N2O3S2. The van der Waals surface area contributed by atoms with Crippen molar-refractivity contribution in [3.63, 3.8) is 0 Å². The highest BCUT2D eigenvalue weighted by Crippen LogP contribution is 2.25. The molecule has 1 N–H and O–H groups in total. The number of anilines is 1. The number of hydrogen-bond acceptors (Lipinski definition) is 4. The molecule has 0 heterocycles. The third-order valence-electron chi connectivity index (χ3n) is 5.77. The number of aryl methyl sites for hydroxylation is 1. The Kier molecular flexibility index (Phi) is 9.81. The molecule has 0 saturated carbocycles. The molecular weight excluding hydrogens is 476 g/mol. The molecule has 3 aromatic carbocycles. The second-order valence-corrected chi connectivity index (χ2v) is 11.7. The van der Waals surface area contributed by atoms with Gasteiger partial charge >= 0.3 is 0 Å². The number of sulfonamides is 1. The lowest BCUT2D eigenvalue weighted by atomic mass is 10.0. The Hall–Kier alpha value is -2.77. The van der Waals surface area contributed by atoms with Gasteiger partial charge < -0.3 is 5.32 Å². The molecule has 0 aliphatic heterocycles. The minimum Gasteiger partial charge on any atom is -0.354 e. The lowest BCUT2D eigenvalue weighted by molar-refractivity contribution is -0.119. The van der Waals surface area contributed by atoms with Crippen LogP contribution in [0.5, 0.6) is 0 Å². The Balaban J connectivity index is 1.60. The molecule has 0 aromatic heterocycles. The van der Waals surface area contributed by atoms with Crippen LogP contribution in [-0.2, 0) is 20.6 Å². The van der Waals surface area contributed by atoms with Crippen molar-refractivity contribution in [1.29, 1.82) is 0 Å². The average molecular weight is 511 g/mol. The maximum absolute atomic E-state index is 13.4. The SMILES string of the molecule is Cc1ccccc1CSCCCNC(=O)CN(c1ccc(C(C)C)cc1)S(=O)(=O)c1ccccc1. The summed E-state index contributed by atoms with van der Waals surface area (Å²) in [4.78, 5) is 12.9. The molecule has 186 valence electrons. The summed E-state index contributed by atoms with van der Waals surface area (Å²) < 4.78 is 28.0. The number of benzene rings is 3. The number of rotatable bonds is 12. The predicted octanol–water partition coefficient (Wildman–Crippen LogP) is 5.75. The molecule has 35 heavy (non-hydrogen) atoms. The Morgan fingerprint density at radius 1 is 0.943 bits per heavy atom. The zero-order valence-electron chi connectivity index (χ0n) is 20.6. The van der Waals surface area contributed by atoms with Crippen LogP contribution in [0.15, 0.2) is 83.8 Å². The van der Waals surface area contributed by atoms with Crippen molar-refractivity contribution in [2.45, 2.75) is 43.8 Å². The summed E-state index contributed by atoms with van der Waals surface area (Å²) in [5, 5.41) is 2.89. The first-order valence-corrected chi connectivity index (χ1v) is 14.4. The molecule has 1 amide bonds. The van der Waals surface area contributed by atoms with Crippen LogP contribution in [0.2, 0.25) is 0 Å². The summed E-state index contributed by atoms with van der Waals surface area (Å²) in [7, 11) is -3.89. The molecule has 0 bridgehead atoms. The highest BCUT2D eigenvalue weighted by Gasteiger charge is 2.27. The van der Waals surface area contributed by atoms with E-state index in [1.165, 1.54) is 15.4 Å². The zero-order valence-corrected chi connectivity index (χ0v) is 22.2. The van der Waals surface area contributed by atoms with Crippen molar-refractivity contribution in [3.8, 4) is 0 Å². The van der Waals surface area contributed by atoms with Gasteiger partial charge in [-0.1, -0.05) is 68.4 Å². The molecule has 0 unspecified atom stereocenters. The first kappa shape index (κ1) is 26.8. The number of carbonyl (C=O) groups excluding carboxylic acids is 1. The van der Waals surface area contributed by atoms with Gasteiger partial charge in [-0.05, 0) is 66.0 Å². The molecule has 0 fully saturated rings. The summed E-state index contributed by atoms with van der Waals surface area (Å²) in [6.07, 6.45) is 0.816. The molecule has 0 radical (unpaired) electrons. The van der Waals surface area contributed by atoms with E-state index in [2.05, 4.69) is 44.3 Å². The highest BCUT2D eigenvalue weighted by molar-refractivity contribution is 7.98. The Morgan fingerprint density at radius 2 is 1.60 bits per heavy atom. The fourth-order valence-corrected chi connectivity index (χ4v) is 6.08. The van der Waals surface area contributed by atoms with E-state index in [0.717, 1.165) is 23.5 Å². The van der Waals surface area contributed by atoms with Crippen LogP contribution >= 0.6 is 11.8 Å². The van der Waals surface area contributed by atoms with Gasteiger partial charge in [0.2, 0.25) is 5.91 Å². The van der Waals surface area contributed by atoms with Gasteiger partial charge in [0.1, 0.15) is 6.54 Å². The van der Waals surface area contributed by atoms with E-state index < -0.39 is 10.0 Å². The Bertz CT molecular complexity index is 1190. The van der Waals surface area contributed by atoms with Gasteiger partial charge in [0.05, 0.1) is 10.6 Å². The van der Waals surface area contributed by atoms with Gasteiger partial charge in [-0.3, -0.25) is 9.10 Å². The lowest BCUT2D eigenvalue weighted by Crippen LogP contribution is -2.41. The van der Waals surface area contributed by atoms with Gasteiger partial charge in [-0.25, -0.2) is 8.42 Å². The van der Waals surface area contributed by atoms with E-state index >= 15 is 0 Å². The van der Waals surface area contributed by atoms with Crippen molar-refractivity contribution < 1.29 is 13.2 Å². The number of carbonyl (C=O) groups is 1. The summed E-state index contributed by atoms with van der Waals surface area (Å²) in [5.41, 5.74) is 4.20. The topological polar surface area (TPSA) is 66.5 Å². The number of hydrogen-bond donors (Lipinski definition) is 1. The summed E-state index contributed by atoms with van der Waals surface area (Å²) in [6, 6.07) is 23.9. The van der Waals surface area contributed by atoms with Crippen molar-refractivity contribution in [2.24, 2.45) is 0 Å². The third-order valence-corrected chi connectivity index (χ3v) is 8.65. The minimum atomic E-state index is -3.89. The van der Waals surface area contributed by atoms with Crippen LogP contribution in [0.3, 0.4) is 0 Å². The predicted molar refractivity (Wildman–Crippen MR) is 146 cm³/mol. The fraction of sp³-hybridized carbons (Fsp3) is 0.321. The van der Waals surface area contributed by atoms with Crippen molar-refractivity contribution >= 4 is 33.4 Å². The van der Waals surface area contributed by atoms with Gasteiger partial charge in [-0.2, -0.15) is 11.8 Å². The van der Waals surface area contributed by atoms with E-state index in [0.29, 0.717) is 18.2 Å². The standard InChI is InChI=1S/C28H34N2O3S2/c1-22(2)24-14-16-26(17-15-24)30(35(32,33)27-12-5-4-6-13-27)20-28(31)29-18-9-19-34-21-25-11-8-7-10-23(25)3/h4-8,10-17,22H,9,18-21H2,1-3H3,(H,29,31). The van der Waals surface area contributed by atoms with Gasteiger partial charge in [0, 0.05) is 12.3 Å². The molecule has 0 aliphatic rings. The largest absolute Gasteiger partial charge is 0.354 e. The average Bonchev–Trinajstić information content (AvgIpc) is 2.86. The van der Waals surface area contributed by atoms with E-state index in [1.54, 1.807) is 42.5 Å². The van der Waals surface area contributed by atoms with E-state index in [1.807, 2.05) is 30.0 Å². The summed E-state index contributed by atoms with van der Waals surface area (Å²) in [6.45, 7) is 6.52. The van der Waals surface area contributed by atoms with Crippen molar-refractivity contribution in [2.75, 3.05) is 23.1 Å². The quantitative estimate of drug-likeness (QED) is 0.315. The van der Waals surface area contributed by atoms with Crippen molar-refractivity contribution in [1.82, 2.24) is 5.32 Å². The second-order valence-electron chi connectivity index (χ2n) is 8.75. The molecule has 3 aromatic rings. The number of amides is 1. The van der Waals surface area contributed by atoms with Crippen molar-refractivity contribution in [3.05, 3.63) is 95.6 Å². The number of thioether (sulfide) groups is 1. The molecule has 5 nitrogen and oxygen atoms in total. The highest BCUT2D eigenvalue weighted by atomic mass is 32.2. The van der Waals surface area contributed by atoms with Crippen LogP contribution in [0.1, 0.15) is 42.9 Å². The fourth-order valence-electron chi connectivity index (χ4n) is 3.60. The summed E-state index contributed by atoms with van der Waals surface area (Å²) in [5.74, 6) is 1.87. The van der Waals surface area contributed by atoms with Crippen LogP contribution in [0.25, 0.3) is 0 Å². The molecule has 3 rings (SSSR count). The van der Waals surface area contributed by atoms with E-state index in [9.17, 15) is 13.2 Å². The second kappa shape index (κ2) is 12.8. The molecule has 0 aliphatic carbocycles. The zero-order chi connectivity index (χ0) is 25.3. The van der Waals surface area contributed by atoms with Crippen LogP contribution in [0, 0.1) is 6.92 Å². The Labute approximate surface area is 214 Å². The monoisotopic (exact) mass is 510 g/mol. The molecule has 0 atom stereocenters. The van der Waals surface area contributed by atoms with Crippen LogP contribution in [0.4, 0.5) is 5.69 Å². The normalized spacial score (nSPS) is 11.4. The van der Waals surface area contributed by atoms with Gasteiger partial charge in [0.15, 0.2) is 0 Å². The first-order valence-electron chi connectivity index (χ1n) is 11.9. The maximum Gasteiger partial charge on any atom is 0.264 e.